The Bertz CT molecular complexity index is 1960. The third-order valence-electron chi connectivity index (χ3n) is 7.27. The van der Waals surface area contributed by atoms with E-state index in [0.29, 0.717) is 76.6 Å². The predicted octanol–water partition coefficient (Wildman–Crippen LogP) is 4.46. The lowest BCUT2D eigenvalue weighted by atomic mass is 10.1. The van der Waals surface area contributed by atoms with Crippen molar-refractivity contribution >= 4 is 44.5 Å². The van der Waals surface area contributed by atoms with E-state index in [1.165, 1.54) is 6.33 Å². The minimum atomic E-state index is -4.05. The fourth-order valence-corrected chi connectivity index (χ4v) is 6.63. The number of halogens is 3. The van der Waals surface area contributed by atoms with Crippen LogP contribution < -0.4 is 15.4 Å². The van der Waals surface area contributed by atoms with E-state index < -0.39 is 33.6 Å². The zero-order valence-electron chi connectivity index (χ0n) is 22.4. The molecule has 43 heavy (non-hydrogen) atoms. The van der Waals surface area contributed by atoms with Crippen molar-refractivity contribution in [2.24, 2.45) is 5.73 Å². The highest BCUT2D eigenvalue weighted by Crippen LogP contribution is 2.35. The van der Waals surface area contributed by atoms with Gasteiger partial charge >= 0.3 is 0 Å². The number of hydrogen-bond donors (Lipinski definition) is 2. The van der Waals surface area contributed by atoms with Crippen molar-refractivity contribution in [3.8, 4) is 17.1 Å². The second-order valence-corrected chi connectivity index (χ2v) is 12.1. The number of amides is 1. The number of aromatic nitrogens is 4. The van der Waals surface area contributed by atoms with Crippen LogP contribution in [0.3, 0.4) is 0 Å². The molecule has 1 aliphatic rings. The number of carbonyl (C=O) groups is 1. The smallest absolute Gasteiger partial charge is 0.248 e. The van der Waals surface area contributed by atoms with Crippen LogP contribution >= 0.6 is 11.6 Å². The van der Waals surface area contributed by atoms with Crippen molar-refractivity contribution in [1.82, 2.24) is 24.2 Å². The van der Waals surface area contributed by atoms with E-state index in [1.807, 2.05) is 27.7 Å². The molecule has 0 saturated carbocycles. The number of benzene rings is 3. The van der Waals surface area contributed by atoms with Crippen LogP contribution in [-0.4, -0.2) is 53.0 Å². The van der Waals surface area contributed by atoms with E-state index in [4.69, 9.17) is 22.3 Å². The van der Waals surface area contributed by atoms with Gasteiger partial charge in [-0.15, -0.1) is 0 Å². The molecule has 220 valence electrons. The number of anilines is 1. The van der Waals surface area contributed by atoms with Crippen LogP contribution in [-0.2, 0) is 10.0 Å². The molecule has 3 heterocycles. The Hall–Kier alpha value is -4.46. The van der Waals surface area contributed by atoms with Crippen LogP contribution in [0.25, 0.3) is 28.2 Å². The molecule has 0 spiro atoms. The summed E-state index contributed by atoms with van der Waals surface area (Å²) in [4.78, 5) is 27.3. The maximum Gasteiger partial charge on any atom is 0.248 e. The summed E-state index contributed by atoms with van der Waals surface area (Å²) in [6.45, 7) is 0.886. The first-order valence-electron chi connectivity index (χ1n) is 13.2. The van der Waals surface area contributed by atoms with Gasteiger partial charge in [-0.3, -0.25) is 9.36 Å². The predicted molar refractivity (Wildman–Crippen MR) is 158 cm³/mol. The number of sulfonamides is 1. The summed E-state index contributed by atoms with van der Waals surface area (Å²) in [6.07, 6.45) is 2.30. The highest BCUT2D eigenvalue weighted by molar-refractivity contribution is 7.89. The maximum absolute atomic E-state index is 13.7. The topological polar surface area (TPSA) is 136 Å². The first kappa shape index (κ1) is 28.6. The number of hydrogen-bond acceptors (Lipinski definition) is 7. The first-order valence-corrected chi connectivity index (χ1v) is 15.1. The third kappa shape index (κ3) is 5.54. The molecule has 1 amide bonds. The average Bonchev–Trinajstić information content (AvgIpc) is 3.38. The van der Waals surface area contributed by atoms with Crippen molar-refractivity contribution in [2.75, 3.05) is 18.0 Å². The molecule has 1 saturated heterocycles. The zero-order valence-corrected chi connectivity index (χ0v) is 24.0. The summed E-state index contributed by atoms with van der Waals surface area (Å²) in [5.74, 6) is -1.82. The third-order valence-corrected chi connectivity index (χ3v) is 9.12. The number of carbonyl (C=O) groups excluding carboxylic acids is 1. The summed E-state index contributed by atoms with van der Waals surface area (Å²) < 4.78 is 57.0. The highest BCUT2D eigenvalue weighted by Gasteiger charge is 2.28. The number of nitrogens with zero attached hydrogens (tertiary/aromatic N) is 5. The SMILES string of the molecule is NC(=O)c1ccc(-n2c(-c3ccccc3Cl)nc3c(N4CCC(NS(=O)(=O)c5ccc(F)c(F)c5)CC4)ncnc32)cc1. The number of piperidine rings is 1. The molecule has 1 aliphatic heterocycles. The van der Waals surface area contributed by atoms with Crippen LogP contribution in [0.4, 0.5) is 14.6 Å². The normalized spacial score (nSPS) is 14.3. The van der Waals surface area contributed by atoms with Gasteiger partial charge in [0, 0.05) is 35.9 Å². The van der Waals surface area contributed by atoms with Gasteiger partial charge in [-0.2, -0.15) is 0 Å². The summed E-state index contributed by atoms with van der Waals surface area (Å²) in [5.41, 5.74) is 8.15. The van der Waals surface area contributed by atoms with Crippen LogP contribution in [0.5, 0.6) is 0 Å². The number of nitrogens with two attached hydrogens (primary N) is 1. The number of primary amides is 1. The van der Waals surface area contributed by atoms with E-state index in [0.717, 1.165) is 12.1 Å². The fraction of sp³-hybridized carbons (Fsp3) is 0.172. The van der Waals surface area contributed by atoms with Gasteiger partial charge in [0.2, 0.25) is 15.9 Å². The van der Waals surface area contributed by atoms with E-state index in [-0.39, 0.29) is 4.90 Å². The molecular weight excluding hydrogens is 600 g/mol. The Morgan fingerprint density at radius 3 is 2.37 bits per heavy atom. The molecule has 5 aromatic rings. The molecule has 1 fully saturated rings. The van der Waals surface area contributed by atoms with Crippen molar-refractivity contribution in [3.05, 3.63) is 95.3 Å². The number of imidazole rings is 1. The van der Waals surface area contributed by atoms with Gasteiger partial charge in [0.15, 0.2) is 28.6 Å². The molecule has 2 aromatic heterocycles. The Morgan fingerprint density at radius 2 is 1.70 bits per heavy atom. The van der Waals surface area contributed by atoms with Gasteiger partial charge in [0.05, 0.1) is 9.92 Å². The standard InChI is InChI=1S/C29H24ClF2N7O3S/c30-22-4-2-1-3-21(22)27-36-25-28(34-16-35-29(25)39(27)19-7-5-17(6-8-19)26(33)40)38-13-11-18(12-14-38)37-43(41,42)20-9-10-23(31)24(32)15-20/h1-10,15-16,18,37H,11-14H2,(H2,33,40). The molecule has 0 aliphatic carbocycles. The van der Waals surface area contributed by atoms with Gasteiger partial charge in [-0.1, -0.05) is 23.7 Å². The first-order chi connectivity index (χ1) is 20.6. The van der Waals surface area contributed by atoms with Crippen LogP contribution in [0.15, 0.2) is 78.0 Å². The van der Waals surface area contributed by atoms with Gasteiger partial charge < -0.3 is 10.6 Å². The molecule has 0 radical (unpaired) electrons. The van der Waals surface area contributed by atoms with E-state index in [1.54, 1.807) is 30.3 Å². The summed E-state index contributed by atoms with van der Waals surface area (Å²) in [7, 11) is -4.05. The second kappa shape index (κ2) is 11.3. The molecule has 3 aromatic carbocycles. The lowest BCUT2D eigenvalue weighted by Gasteiger charge is -2.33. The second-order valence-electron chi connectivity index (χ2n) is 9.99. The van der Waals surface area contributed by atoms with Crippen LogP contribution in [0.1, 0.15) is 23.2 Å². The van der Waals surface area contributed by atoms with Gasteiger partial charge in [0.25, 0.3) is 0 Å². The van der Waals surface area contributed by atoms with Crippen molar-refractivity contribution in [1.29, 1.82) is 0 Å². The Balaban J connectivity index is 1.32. The lowest BCUT2D eigenvalue weighted by Crippen LogP contribution is -2.45. The number of rotatable bonds is 7. The Kier molecular flexibility index (Phi) is 7.54. The molecule has 14 heteroatoms. The van der Waals surface area contributed by atoms with Crippen molar-refractivity contribution in [3.63, 3.8) is 0 Å². The van der Waals surface area contributed by atoms with Gasteiger partial charge in [0.1, 0.15) is 12.2 Å². The van der Waals surface area contributed by atoms with Crippen molar-refractivity contribution in [2.45, 2.75) is 23.8 Å². The van der Waals surface area contributed by atoms with Gasteiger partial charge in [-0.25, -0.2) is 36.9 Å². The minimum Gasteiger partial charge on any atom is -0.366 e. The summed E-state index contributed by atoms with van der Waals surface area (Å²) in [5, 5.41) is 0.483. The molecule has 0 bridgehead atoms. The van der Waals surface area contributed by atoms with E-state index >= 15 is 0 Å². The quantitative estimate of drug-likeness (QED) is 0.273. The molecule has 10 nitrogen and oxygen atoms in total. The average molecular weight is 624 g/mol. The minimum absolute atomic E-state index is 0.340. The van der Waals surface area contributed by atoms with Crippen LogP contribution in [0, 0.1) is 11.6 Å². The largest absolute Gasteiger partial charge is 0.366 e. The number of fused-ring (bicyclic) bond motifs is 1. The molecule has 0 unspecified atom stereocenters. The van der Waals surface area contributed by atoms with E-state index in [2.05, 4.69) is 14.7 Å². The number of nitrogens with one attached hydrogen (secondary N) is 1. The highest BCUT2D eigenvalue weighted by atomic mass is 35.5. The zero-order chi connectivity index (χ0) is 30.3. The van der Waals surface area contributed by atoms with Gasteiger partial charge in [-0.05, 0) is 67.4 Å². The Morgan fingerprint density at radius 1 is 0.977 bits per heavy atom. The summed E-state index contributed by atoms with van der Waals surface area (Å²) in [6, 6.07) is 16.0. The molecule has 0 atom stereocenters. The molecule has 6 rings (SSSR count). The monoisotopic (exact) mass is 623 g/mol. The molecule has 3 N–H and O–H groups in total. The van der Waals surface area contributed by atoms with E-state index in [9.17, 15) is 22.0 Å². The van der Waals surface area contributed by atoms with Crippen LogP contribution in [0.2, 0.25) is 5.02 Å². The lowest BCUT2D eigenvalue weighted by molar-refractivity contribution is 0.1000. The maximum atomic E-state index is 13.7. The molecular formula is C29H24ClF2N7O3S. The Labute approximate surface area is 250 Å². The fourth-order valence-electron chi connectivity index (χ4n) is 5.09. The van der Waals surface area contributed by atoms with Crippen molar-refractivity contribution < 1.29 is 22.0 Å². The summed E-state index contributed by atoms with van der Waals surface area (Å²) >= 11 is 6.57.